The summed E-state index contributed by atoms with van der Waals surface area (Å²) in [6.07, 6.45) is 4.47. The number of phenolic OH excluding ortho intramolecular Hbond substituents is 1. The molecule has 1 aliphatic heterocycles. The van der Waals surface area contributed by atoms with Gasteiger partial charge >= 0.3 is 0 Å². The molecule has 2 aromatic rings. The van der Waals surface area contributed by atoms with E-state index in [2.05, 4.69) is 10.4 Å². The number of aromatic hydroxyl groups is 1. The first-order chi connectivity index (χ1) is 8.31. The fourth-order valence-electron chi connectivity index (χ4n) is 2.49. The van der Waals surface area contributed by atoms with Crippen LogP contribution in [-0.4, -0.2) is 28.0 Å². The molecule has 0 saturated carbocycles. The molecule has 1 aromatic carbocycles. The Labute approximate surface area is 100 Å². The van der Waals surface area contributed by atoms with E-state index in [1.165, 1.54) is 12.8 Å². The second-order valence-corrected chi connectivity index (χ2v) is 4.79. The molecule has 0 spiro atoms. The van der Waals surface area contributed by atoms with Gasteiger partial charge in [0.05, 0.1) is 5.52 Å². The first kappa shape index (κ1) is 10.6. The van der Waals surface area contributed by atoms with Crippen molar-refractivity contribution in [1.82, 2.24) is 15.1 Å². The van der Waals surface area contributed by atoms with E-state index in [1.54, 1.807) is 12.1 Å². The molecule has 0 unspecified atom stereocenters. The van der Waals surface area contributed by atoms with Crippen LogP contribution >= 0.6 is 0 Å². The third kappa shape index (κ3) is 2.26. The molecular formula is C13H17N3O. The van der Waals surface area contributed by atoms with E-state index < -0.39 is 0 Å². The Kier molecular flexibility index (Phi) is 2.73. The minimum Gasteiger partial charge on any atom is -0.508 e. The maximum atomic E-state index is 9.42. The predicted octanol–water partition coefficient (Wildman–Crippen LogP) is 1.74. The lowest BCUT2D eigenvalue weighted by Crippen LogP contribution is -2.29. The molecule has 90 valence electrons. The SMILES string of the molecule is Oc1ccc2nn(CC3CCNCC3)cc2c1. The van der Waals surface area contributed by atoms with Crippen molar-refractivity contribution in [2.24, 2.45) is 5.92 Å². The summed E-state index contributed by atoms with van der Waals surface area (Å²) in [5.41, 5.74) is 0.955. The van der Waals surface area contributed by atoms with Gasteiger partial charge in [0.1, 0.15) is 5.75 Å². The zero-order chi connectivity index (χ0) is 11.7. The van der Waals surface area contributed by atoms with E-state index in [1.807, 2.05) is 16.9 Å². The number of aromatic nitrogens is 2. The number of nitrogens with zero attached hydrogens (tertiary/aromatic N) is 2. The quantitative estimate of drug-likeness (QED) is 0.827. The van der Waals surface area contributed by atoms with Crippen LogP contribution in [0.3, 0.4) is 0 Å². The Bertz CT molecular complexity index is 514. The highest BCUT2D eigenvalue weighted by atomic mass is 16.3. The van der Waals surface area contributed by atoms with Crippen LogP contribution in [0, 0.1) is 5.92 Å². The molecule has 1 fully saturated rings. The van der Waals surface area contributed by atoms with Crippen molar-refractivity contribution >= 4 is 10.9 Å². The molecule has 1 aliphatic rings. The van der Waals surface area contributed by atoms with Gasteiger partial charge in [0.25, 0.3) is 0 Å². The second kappa shape index (κ2) is 4.37. The lowest BCUT2D eigenvalue weighted by Gasteiger charge is -2.22. The molecule has 0 atom stereocenters. The Hall–Kier alpha value is -1.55. The number of phenols is 1. The van der Waals surface area contributed by atoms with Gasteiger partial charge < -0.3 is 10.4 Å². The molecule has 0 radical (unpaired) electrons. The number of rotatable bonds is 2. The standard InChI is InChI=1S/C13H17N3O/c17-12-1-2-13-11(7-12)9-16(15-13)8-10-3-5-14-6-4-10/h1-2,7,9-10,14,17H,3-6,8H2. The van der Waals surface area contributed by atoms with Crippen molar-refractivity contribution < 1.29 is 5.11 Å². The highest BCUT2D eigenvalue weighted by molar-refractivity contribution is 5.79. The minimum atomic E-state index is 0.305. The van der Waals surface area contributed by atoms with Gasteiger partial charge in [-0.25, -0.2) is 0 Å². The van der Waals surface area contributed by atoms with Crippen LogP contribution in [0.5, 0.6) is 5.75 Å². The molecule has 2 N–H and O–H groups in total. The smallest absolute Gasteiger partial charge is 0.116 e. The summed E-state index contributed by atoms with van der Waals surface area (Å²) in [6, 6.07) is 5.31. The van der Waals surface area contributed by atoms with Gasteiger partial charge in [-0.05, 0) is 50.0 Å². The maximum Gasteiger partial charge on any atom is 0.116 e. The van der Waals surface area contributed by atoms with Gasteiger partial charge in [0.15, 0.2) is 0 Å². The third-order valence-electron chi connectivity index (χ3n) is 3.44. The molecule has 3 rings (SSSR count). The van der Waals surface area contributed by atoms with Crippen molar-refractivity contribution in [2.75, 3.05) is 13.1 Å². The van der Waals surface area contributed by atoms with Crippen LogP contribution in [0.25, 0.3) is 10.9 Å². The van der Waals surface area contributed by atoms with Gasteiger partial charge in [0, 0.05) is 18.1 Å². The molecule has 1 saturated heterocycles. The molecule has 2 heterocycles. The zero-order valence-corrected chi connectivity index (χ0v) is 9.76. The van der Waals surface area contributed by atoms with E-state index >= 15 is 0 Å². The second-order valence-electron chi connectivity index (χ2n) is 4.79. The lowest BCUT2D eigenvalue weighted by atomic mass is 9.98. The van der Waals surface area contributed by atoms with Crippen LogP contribution in [0.15, 0.2) is 24.4 Å². The molecule has 0 amide bonds. The van der Waals surface area contributed by atoms with Crippen molar-refractivity contribution in [2.45, 2.75) is 19.4 Å². The molecule has 1 aromatic heterocycles. The van der Waals surface area contributed by atoms with Gasteiger partial charge in [-0.2, -0.15) is 5.10 Å². The Morgan fingerprint density at radius 3 is 3.00 bits per heavy atom. The van der Waals surface area contributed by atoms with E-state index in [0.717, 1.165) is 36.5 Å². The van der Waals surface area contributed by atoms with Crippen LogP contribution in [0.2, 0.25) is 0 Å². The number of hydrogen-bond acceptors (Lipinski definition) is 3. The Morgan fingerprint density at radius 2 is 2.18 bits per heavy atom. The first-order valence-corrected chi connectivity index (χ1v) is 6.18. The van der Waals surface area contributed by atoms with Gasteiger partial charge in [-0.1, -0.05) is 0 Å². The summed E-state index contributed by atoms with van der Waals surface area (Å²) >= 11 is 0. The lowest BCUT2D eigenvalue weighted by molar-refractivity contribution is 0.322. The fraction of sp³-hybridized carbons (Fsp3) is 0.462. The van der Waals surface area contributed by atoms with Crippen LogP contribution in [0.1, 0.15) is 12.8 Å². The summed E-state index contributed by atoms with van der Waals surface area (Å²) in [5.74, 6) is 1.03. The fourth-order valence-corrected chi connectivity index (χ4v) is 2.49. The van der Waals surface area contributed by atoms with Crippen LogP contribution in [-0.2, 0) is 6.54 Å². The molecule has 0 bridgehead atoms. The van der Waals surface area contributed by atoms with E-state index in [4.69, 9.17) is 0 Å². The molecule has 0 aliphatic carbocycles. The Morgan fingerprint density at radius 1 is 1.35 bits per heavy atom. The molecule has 4 heteroatoms. The van der Waals surface area contributed by atoms with Crippen molar-refractivity contribution in [3.05, 3.63) is 24.4 Å². The van der Waals surface area contributed by atoms with Crippen LogP contribution in [0.4, 0.5) is 0 Å². The van der Waals surface area contributed by atoms with E-state index in [-0.39, 0.29) is 0 Å². The van der Waals surface area contributed by atoms with Gasteiger partial charge in [-0.15, -0.1) is 0 Å². The Balaban J connectivity index is 1.80. The molecule has 4 nitrogen and oxygen atoms in total. The summed E-state index contributed by atoms with van der Waals surface area (Å²) < 4.78 is 2.01. The highest BCUT2D eigenvalue weighted by Gasteiger charge is 2.14. The number of piperidine rings is 1. The number of nitrogens with one attached hydrogen (secondary N) is 1. The highest BCUT2D eigenvalue weighted by Crippen LogP contribution is 2.20. The predicted molar refractivity (Wildman–Crippen MR) is 67.0 cm³/mol. The van der Waals surface area contributed by atoms with E-state index in [9.17, 15) is 5.11 Å². The number of benzene rings is 1. The monoisotopic (exact) mass is 231 g/mol. The third-order valence-corrected chi connectivity index (χ3v) is 3.44. The minimum absolute atomic E-state index is 0.305. The summed E-state index contributed by atoms with van der Waals surface area (Å²) in [4.78, 5) is 0. The zero-order valence-electron chi connectivity index (χ0n) is 9.76. The molecular weight excluding hydrogens is 214 g/mol. The van der Waals surface area contributed by atoms with Gasteiger partial charge in [-0.3, -0.25) is 4.68 Å². The topological polar surface area (TPSA) is 50.1 Å². The number of fused-ring (bicyclic) bond motifs is 1. The van der Waals surface area contributed by atoms with Gasteiger partial charge in [0.2, 0.25) is 0 Å². The van der Waals surface area contributed by atoms with E-state index in [0.29, 0.717) is 5.75 Å². The van der Waals surface area contributed by atoms with Crippen molar-refractivity contribution in [1.29, 1.82) is 0 Å². The normalized spacial score (nSPS) is 17.6. The largest absolute Gasteiger partial charge is 0.508 e. The maximum absolute atomic E-state index is 9.42. The first-order valence-electron chi connectivity index (χ1n) is 6.18. The summed E-state index contributed by atoms with van der Waals surface area (Å²) in [7, 11) is 0. The van der Waals surface area contributed by atoms with Crippen molar-refractivity contribution in [3.63, 3.8) is 0 Å². The summed E-state index contributed by atoms with van der Waals surface area (Å²) in [6.45, 7) is 3.22. The molecule has 17 heavy (non-hydrogen) atoms. The van der Waals surface area contributed by atoms with Crippen molar-refractivity contribution in [3.8, 4) is 5.75 Å². The average Bonchev–Trinajstić information content (AvgIpc) is 2.71. The summed E-state index contributed by atoms with van der Waals surface area (Å²) in [5, 5.41) is 18.3. The average molecular weight is 231 g/mol. The number of hydrogen-bond donors (Lipinski definition) is 2. The van der Waals surface area contributed by atoms with Crippen LogP contribution < -0.4 is 5.32 Å².